The van der Waals surface area contributed by atoms with Crippen molar-refractivity contribution in [3.8, 4) is 0 Å². The van der Waals surface area contributed by atoms with Gasteiger partial charge in [-0.25, -0.2) is 0 Å². The molecule has 0 spiro atoms. The summed E-state index contributed by atoms with van der Waals surface area (Å²) in [5, 5.41) is -0.0646. The first kappa shape index (κ1) is 20.6. The van der Waals surface area contributed by atoms with Crippen molar-refractivity contribution in [2.75, 3.05) is 24.5 Å². The fourth-order valence-electron chi connectivity index (χ4n) is 3.10. The predicted molar refractivity (Wildman–Crippen MR) is 94.1 cm³/mol. The van der Waals surface area contributed by atoms with Gasteiger partial charge in [0.15, 0.2) is 0 Å². The number of rotatable bonds is 4. The van der Waals surface area contributed by atoms with Crippen LogP contribution in [0.25, 0.3) is 0 Å². The summed E-state index contributed by atoms with van der Waals surface area (Å²) in [6, 6.07) is 3.27. The third kappa shape index (κ3) is 5.37. The van der Waals surface area contributed by atoms with E-state index in [0.717, 1.165) is 36.6 Å². The molecule has 1 aliphatic heterocycles. The van der Waals surface area contributed by atoms with Gasteiger partial charge in [0.05, 0.1) is 11.3 Å². The van der Waals surface area contributed by atoms with Crippen molar-refractivity contribution in [3.63, 3.8) is 0 Å². The third-order valence-corrected chi connectivity index (χ3v) is 4.68. The number of halogens is 4. The number of likely N-dealkylation sites (tertiary alicyclic amines) is 1. The molecule has 8 heteroatoms. The molecule has 1 heterocycles. The van der Waals surface area contributed by atoms with Crippen molar-refractivity contribution in [2.24, 2.45) is 0 Å². The first-order valence-corrected chi connectivity index (χ1v) is 9.00. The molecule has 144 valence electrons. The number of benzene rings is 1. The van der Waals surface area contributed by atoms with Crippen LogP contribution in [-0.2, 0) is 15.8 Å². The number of anilines is 1. The summed E-state index contributed by atoms with van der Waals surface area (Å²) >= 11 is 5.69. The quantitative estimate of drug-likeness (QED) is 0.759. The number of hydrogen-bond acceptors (Lipinski definition) is 2. The maximum atomic E-state index is 13.3. The van der Waals surface area contributed by atoms with Crippen molar-refractivity contribution in [1.82, 2.24) is 4.90 Å². The van der Waals surface area contributed by atoms with Crippen LogP contribution in [0.15, 0.2) is 18.2 Å². The second kappa shape index (κ2) is 8.75. The molecule has 2 rings (SSSR count). The molecule has 1 saturated heterocycles. The maximum Gasteiger partial charge on any atom is 0.418 e. The lowest BCUT2D eigenvalue weighted by Gasteiger charge is -2.26. The van der Waals surface area contributed by atoms with Crippen molar-refractivity contribution in [3.05, 3.63) is 28.8 Å². The van der Waals surface area contributed by atoms with E-state index in [9.17, 15) is 22.8 Å². The molecule has 0 unspecified atom stereocenters. The van der Waals surface area contributed by atoms with E-state index in [2.05, 4.69) is 0 Å². The van der Waals surface area contributed by atoms with Crippen LogP contribution in [0.2, 0.25) is 5.02 Å². The zero-order valence-corrected chi connectivity index (χ0v) is 15.4. The minimum Gasteiger partial charge on any atom is -0.343 e. The van der Waals surface area contributed by atoms with Gasteiger partial charge in [0.25, 0.3) is 0 Å². The van der Waals surface area contributed by atoms with Gasteiger partial charge in [0.2, 0.25) is 11.8 Å². The SMILES string of the molecule is CC(=O)N(CCC(=O)N1CCCCCC1)c1ccc(Cl)cc1C(F)(F)F. The largest absolute Gasteiger partial charge is 0.418 e. The molecule has 1 aromatic carbocycles. The summed E-state index contributed by atoms with van der Waals surface area (Å²) in [5.74, 6) is -0.692. The van der Waals surface area contributed by atoms with E-state index in [0.29, 0.717) is 13.1 Å². The first-order valence-electron chi connectivity index (χ1n) is 8.63. The molecule has 1 fully saturated rings. The van der Waals surface area contributed by atoms with Crippen molar-refractivity contribution < 1.29 is 22.8 Å². The number of carbonyl (C=O) groups excluding carboxylic acids is 2. The average Bonchev–Trinajstić information content (AvgIpc) is 2.84. The Morgan fingerprint density at radius 2 is 1.77 bits per heavy atom. The zero-order chi connectivity index (χ0) is 19.3. The van der Waals surface area contributed by atoms with Gasteiger partial charge in [-0.15, -0.1) is 0 Å². The molecule has 0 aromatic heterocycles. The molecule has 0 N–H and O–H groups in total. The van der Waals surface area contributed by atoms with Gasteiger partial charge in [-0.05, 0) is 31.0 Å². The van der Waals surface area contributed by atoms with Crippen LogP contribution in [0.1, 0.15) is 44.6 Å². The van der Waals surface area contributed by atoms with Crippen molar-refractivity contribution in [2.45, 2.75) is 45.2 Å². The van der Waals surface area contributed by atoms with Gasteiger partial charge in [-0.3, -0.25) is 9.59 Å². The minimum atomic E-state index is -4.65. The monoisotopic (exact) mass is 390 g/mol. The summed E-state index contributed by atoms with van der Waals surface area (Å²) in [5.41, 5.74) is -1.26. The van der Waals surface area contributed by atoms with E-state index in [1.807, 2.05) is 0 Å². The fraction of sp³-hybridized carbons (Fsp3) is 0.556. The summed E-state index contributed by atoms with van der Waals surface area (Å²) in [4.78, 5) is 27.1. The molecule has 0 aliphatic carbocycles. The Morgan fingerprint density at radius 3 is 2.31 bits per heavy atom. The number of hydrogen-bond donors (Lipinski definition) is 0. The van der Waals surface area contributed by atoms with E-state index >= 15 is 0 Å². The van der Waals surface area contributed by atoms with E-state index < -0.39 is 17.6 Å². The van der Waals surface area contributed by atoms with Gasteiger partial charge >= 0.3 is 6.18 Å². The number of nitrogens with zero attached hydrogens (tertiary/aromatic N) is 2. The molecule has 1 aromatic rings. The van der Waals surface area contributed by atoms with E-state index in [-0.39, 0.29) is 29.6 Å². The Kier molecular flexibility index (Phi) is 6.92. The fourth-order valence-corrected chi connectivity index (χ4v) is 3.28. The van der Waals surface area contributed by atoms with Crippen LogP contribution in [0, 0.1) is 0 Å². The highest BCUT2D eigenvalue weighted by atomic mass is 35.5. The normalized spacial score (nSPS) is 15.5. The third-order valence-electron chi connectivity index (χ3n) is 4.44. The number of carbonyl (C=O) groups is 2. The van der Waals surface area contributed by atoms with Crippen LogP contribution < -0.4 is 4.90 Å². The Balaban J connectivity index is 2.17. The Hall–Kier alpha value is -1.76. The Bertz CT molecular complexity index is 656. The average molecular weight is 391 g/mol. The van der Waals surface area contributed by atoms with E-state index in [4.69, 9.17) is 11.6 Å². The highest BCUT2D eigenvalue weighted by Gasteiger charge is 2.36. The molecule has 26 heavy (non-hydrogen) atoms. The van der Waals surface area contributed by atoms with Gasteiger partial charge in [0, 0.05) is 38.0 Å². The van der Waals surface area contributed by atoms with Crippen LogP contribution in [0.4, 0.5) is 18.9 Å². The second-order valence-electron chi connectivity index (χ2n) is 6.37. The highest BCUT2D eigenvalue weighted by molar-refractivity contribution is 6.30. The second-order valence-corrected chi connectivity index (χ2v) is 6.81. The maximum absolute atomic E-state index is 13.3. The Morgan fingerprint density at radius 1 is 1.15 bits per heavy atom. The van der Waals surface area contributed by atoms with Gasteiger partial charge in [-0.2, -0.15) is 13.2 Å². The topological polar surface area (TPSA) is 40.6 Å². The lowest BCUT2D eigenvalue weighted by Crippen LogP contribution is -2.37. The molecular formula is C18H22ClF3N2O2. The summed E-state index contributed by atoms with van der Waals surface area (Å²) < 4.78 is 39.9. The molecule has 0 radical (unpaired) electrons. The summed E-state index contributed by atoms with van der Waals surface area (Å²) in [6.07, 6.45) is -0.663. The molecule has 0 bridgehead atoms. The first-order chi connectivity index (χ1) is 12.2. The minimum absolute atomic E-state index is 0.0144. The van der Waals surface area contributed by atoms with Crippen LogP contribution >= 0.6 is 11.6 Å². The molecule has 0 atom stereocenters. The van der Waals surface area contributed by atoms with Gasteiger partial charge in [0.1, 0.15) is 0 Å². The standard InChI is InChI=1S/C18H22ClF3N2O2/c1-13(25)24(11-8-17(26)23-9-4-2-3-5-10-23)16-7-6-14(19)12-15(16)18(20,21)22/h6-7,12H,2-5,8-11H2,1H3. The van der Waals surface area contributed by atoms with E-state index in [1.54, 1.807) is 4.90 Å². The predicted octanol–water partition coefficient (Wildman–Crippen LogP) is 4.50. The van der Waals surface area contributed by atoms with Crippen LogP contribution in [0.5, 0.6) is 0 Å². The molecule has 0 saturated carbocycles. The highest BCUT2D eigenvalue weighted by Crippen LogP contribution is 2.38. The zero-order valence-electron chi connectivity index (χ0n) is 14.6. The summed E-state index contributed by atoms with van der Waals surface area (Å²) in [6.45, 7) is 2.40. The van der Waals surface area contributed by atoms with Crippen molar-refractivity contribution >= 4 is 29.1 Å². The van der Waals surface area contributed by atoms with Crippen LogP contribution in [0.3, 0.4) is 0 Å². The van der Waals surface area contributed by atoms with Crippen LogP contribution in [-0.4, -0.2) is 36.3 Å². The molecule has 2 amide bonds. The molecule has 4 nitrogen and oxygen atoms in total. The van der Waals surface area contributed by atoms with E-state index in [1.165, 1.54) is 19.1 Å². The molecular weight excluding hydrogens is 369 g/mol. The summed E-state index contributed by atoms with van der Waals surface area (Å²) in [7, 11) is 0. The number of amides is 2. The lowest BCUT2D eigenvalue weighted by atomic mass is 10.1. The smallest absolute Gasteiger partial charge is 0.343 e. The van der Waals surface area contributed by atoms with Gasteiger partial charge in [-0.1, -0.05) is 24.4 Å². The number of alkyl halides is 3. The lowest BCUT2D eigenvalue weighted by molar-refractivity contribution is -0.137. The Labute approximate surface area is 155 Å². The van der Waals surface area contributed by atoms with Crippen molar-refractivity contribution in [1.29, 1.82) is 0 Å². The molecule has 1 aliphatic rings. The van der Waals surface area contributed by atoms with Gasteiger partial charge < -0.3 is 9.80 Å².